The highest BCUT2D eigenvalue weighted by Crippen LogP contribution is 2.30. The molecule has 2 aromatic rings. The molecule has 1 unspecified atom stereocenters. The van der Waals surface area contributed by atoms with Crippen molar-refractivity contribution in [3.63, 3.8) is 0 Å². The maximum absolute atomic E-state index is 11.4. The molecule has 1 atom stereocenters. The third-order valence-corrected chi connectivity index (χ3v) is 5.29. The standard InChI is InChI=1S/C18H24N6O/c19-17(25)15-11-14(7-8-20-15)23-9-4-5-13(12-23)18-22-21-16-6-2-1-3-10-24(16)18/h7-8,11,13H,1-6,9-10,12H2,(H2,19,25). The fourth-order valence-electron chi connectivity index (χ4n) is 3.98. The minimum Gasteiger partial charge on any atom is -0.371 e. The van der Waals surface area contributed by atoms with Gasteiger partial charge in [0, 0.05) is 43.9 Å². The molecule has 0 spiro atoms. The Hall–Kier alpha value is -2.44. The van der Waals surface area contributed by atoms with Gasteiger partial charge in [-0.05, 0) is 37.8 Å². The summed E-state index contributed by atoms with van der Waals surface area (Å²) in [5, 5.41) is 8.99. The minimum atomic E-state index is -0.488. The maximum Gasteiger partial charge on any atom is 0.267 e. The fourth-order valence-corrected chi connectivity index (χ4v) is 3.98. The van der Waals surface area contributed by atoms with Gasteiger partial charge in [0.1, 0.15) is 17.3 Å². The molecule has 2 aliphatic heterocycles. The number of aryl methyl sites for hydroxylation is 1. The van der Waals surface area contributed by atoms with Gasteiger partial charge in [0.2, 0.25) is 0 Å². The number of carbonyl (C=O) groups excluding carboxylic acids is 1. The van der Waals surface area contributed by atoms with E-state index in [1.54, 1.807) is 12.3 Å². The summed E-state index contributed by atoms with van der Waals surface area (Å²) in [6.45, 7) is 2.90. The number of hydrogen-bond donors (Lipinski definition) is 1. The van der Waals surface area contributed by atoms with Crippen LogP contribution < -0.4 is 10.6 Å². The number of nitrogens with zero attached hydrogens (tertiary/aromatic N) is 5. The van der Waals surface area contributed by atoms with Crippen LogP contribution in [0, 0.1) is 0 Å². The van der Waals surface area contributed by atoms with Crippen LogP contribution in [-0.4, -0.2) is 38.7 Å². The normalized spacial score (nSPS) is 20.8. The van der Waals surface area contributed by atoms with Crippen molar-refractivity contribution in [2.75, 3.05) is 18.0 Å². The number of nitrogens with two attached hydrogens (primary N) is 1. The predicted molar refractivity (Wildman–Crippen MR) is 94.5 cm³/mol. The SMILES string of the molecule is NC(=O)c1cc(N2CCCC(c3nnc4n3CCCCC4)C2)ccn1. The quantitative estimate of drug-likeness (QED) is 0.921. The molecule has 2 aliphatic rings. The van der Waals surface area contributed by atoms with Crippen LogP contribution in [0.4, 0.5) is 5.69 Å². The van der Waals surface area contributed by atoms with Gasteiger partial charge in [0.05, 0.1) is 0 Å². The van der Waals surface area contributed by atoms with E-state index in [2.05, 4.69) is 24.6 Å². The second kappa shape index (κ2) is 6.82. The highest BCUT2D eigenvalue weighted by molar-refractivity contribution is 5.91. The molecular formula is C18H24N6O. The van der Waals surface area contributed by atoms with Crippen LogP contribution in [0.15, 0.2) is 18.3 Å². The van der Waals surface area contributed by atoms with Gasteiger partial charge >= 0.3 is 0 Å². The molecule has 0 radical (unpaired) electrons. The van der Waals surface area contributed by atoms with Gasteiger partial charge in [-0.1, -0.05) is 6.42 Å². The number of primary amides is 1. The Morgan fingerprint density at radius 3 is 2.96 bits per heavy atom. The van der Waals surface area contributed by atoms with Crippen molar-refractivity contribution < 1.29 is 4.79 Å². The van der Waals surface area contributed by atoms with Crippen molar-refractivity contribution in [1.82, 2.24) is 19.7 Å². The topological polar surface area (TPSA) is 89.9 Å². The number of aromatic nitrogens is 4. The lowest BCUT2D eigenvalue weighted by atomic mass is 9.96. The molecule has 2 N–H and O–H groups in total. The van der Waals surface area contributed by atoms with Gasteiger partial charge in [0.15, 0.2) is 0 Å². The smallest absolute Gasteiger partial charge is 0.267 e. The van der Waals surface area contributed by atoms with Crippen LogP contribution >= 0.6 is 0 Å². The zero-order valence-corrected chi connectivity index (χ0v) is 14.4. The summed E-state index contributed by atoms with van der Waals surface area (Å²) in [6.07, 6.45) is 8.61. The zero-order chi connectivity index (χ0) is 17.2. The van der Waals surface area contributed by atoms with Crippen molar-refractivity contribution >= 4 is 11.6 Å². The summed E-state index contributed by atoms with van der Waals surface area (Å²) in [6, 6.07) is 3.73. The molecule has 1 fully saturated rings. The van der Waals surface area contributed by atoms with E-state index in [1.807, 2.05) is 6.07 Å². The van der Waals surface area contributed by atoms with Crippen LogP contribution in [0.2, 0.25) is 0 Å². The van der Waals surface area contributed by atoms with Crippen LogP contribution in [0.1, 0.15) is 60.2 Å². The van der Waals surface area contributed by atoms with E-state index in [0.717, 1.165) is 56.2 Å². The van der Waals surface area contributed by atoms with E-state index < -0.39 is 5.91 Å². The first-order valence-electron chi connectivity index (χ1n) is 9.15. The second-order valence-electron chi connectivity index (χ2n) is 6.99. The predicted octanol–water partition coefficient (Wildman–Crippen LogP) is 1.88. The molecule has 4 rings (SSSR count). The summed E-state index contributed by atoms with van der Waals surface area (Å²) in [4.78, 5) is 17.7. The highest BCUT2D eigenvalue weighted by Gasteiger charge is 2.27. The van der Waals surface area contributed by atoms with Gasteiger partial charge in [-0.2, -0.15) is 0 Å². The molecule has 4 heterocycles. The summed E-state index contributed by atoms with van der Waals surface area (Å²) < 4.78 is 2.35. The Bertz CT molecular complexity index is 771. The molecular weight excluding hydrogens is 316 g/mol. The molecule has 0 bridgehead atoms. The van der Waals surface area contributed by atoms with Crippen molar-refractivity contribution in [1.29, 1.82) is 0 Å². The third-order valence-electron chi connectivity index (χ3n) is 5.29. The van der Waals surface area contributed by atoms with Gasteiger partial charge in [0.25, 0.3) is 5.91 Å². The van der Waals surface area contributed by atoms with Crippen LogP contribution in [0.25, 0.3) is 0 Å². The first-order chi connectivity index (χ1) is 12.2. The molecule has 0 aliphatic carbocycles. The Kier molecular flexibility index (Phi) is 4.38. The Balaban J connectivity index is 1.57. The number of pyridine rings is 1. The minimum absolute atomic E-state index is 0.316. The molecule has 7 nitrogen and oxygen atoms in total. The molecule has 2 aromatic heterocycles. The number of rotatable bonds is 3. The zero-order valence-electron chi connectivity index (χ0n) is 14.4. The van der Waals surface area contributed by atoms with E-state index in [-0.39, 0.29) is 0 Å². The average Bonchev–Trinajstić information content (AvgIpc) is 2.90. The van der Waals surface area contributed by atoms with Crippen molar-refractivity contribution in [2.24, 2.45) is 5.73 Å². The van der Waals surface area contributed by atoms with Crippen molar-refractivity contribution in [2.45, 2.75) is 51.0 Å². The van der Waals surface area contributed by atoms with E-state index in [0.29, 0.717) is 11.6 Å². The van der Waals surface area contributed by atoms with Crippen LogP contribution in [0.3, 0.4) is 0 Å². The molecule has 25 heavy (non-hydrogen) atoms. The first kappa shape index (κ1) is 16.1. The monoisotopic (exact) mass is 340 g/mol. The molecule has 7 heteroatoms. The van der Waals surface area contributed by atoms with Crippen LogP contribution in [-0.2, 0) is 13.0 Å². The van der Waals surface area contributed by atoms with Gasteiger partial charge in [-0.15, -0.1) is 10.2 Å². The lowest BCUT2D eigenvalue weighted by Crippen LogP contribution is -2.35. The maximum atomic E-state index is 11.4. The fraction of sp³-hybridized carbons (Fsp3) is 0.556. The number of hydrogen-bond acceptors (Lipinski definition) is 5. The summed E-state index contributed by atoms with van der Waals surface area (Å²) in [5.41, 5.74) is 6.69. The summed E-state index contributed by atoms with van der Waals surface area (Å²) in [5.74, 6) is 2.16. The molecule has 0 saturated carbocycles. The number of anilines is 1. The third kappa shape index (κ3) is 3.23. The molecule has 1 amide bonds. The Labute approximate surface area is 147 Å². The van der Waals surface area contributed by atoms with Gasteiger partial charge in [-0.3, -0.25) is 9.78 Å². The number of carbonyl (C=O) groups is 1. The van der Waals surface area contributed by atoms with Crippen LogP contribution in [0.5, 0.6) is 0 Å². The lowest BCUT2D eigenvalue weighted by Gasteiger charge is -2.34. The summed E-state index contributed by atoms with van der Waals surface area (Å²) in [7, 11) is 0. The van der Waals surface area contributed by atoms with E-state index in [1.165, 1.54) is 19.3 Å². The number of piperidine rings is 1. The van der Waals surface area contributed by atoms with E-state index in [9.17, 15) is 4.79 Å². The average molecular weight is 340 g/mol. The van der Waals surface area contributed by atoms with Gasteiger partial charge < -0.3 is 15.2 Å². The molecule has 1 saturated heterocycles. The molecule has 132 valence electrons. The molecule has 0 aromatic carbocycles. The largest absolute Gasteiger partial charge is 0.371 e. The van der Waals surface area contributed by atoms with E-state index in [4.69, 9.17) is 5.73 Å². The van der Waals surface area contributed by atoms with Crippen molar-refractivity contribution in [3.8, 4) is 0 Å². The number of fused-ring (bicyclic) bond motifs is 1. The van der Waals surface area contributed by atoms with E-state index >= 15 is 0 Å². The first-order valence-corrected chi connectivity index (χ1v) is 9.15. The Morgan fingerprint density at radius 2 is 2.08 bits per heavy atom. The Morgan fingerprint density at radius 1 is 1.16 bits per heavy atom. The van der Waals surface area contributed by atoms with Crippen molar-refractivity contribution in [3.05, 3.63) is 35.7 Å². The summed E-state index contributed by atoms with van der Waals surface area (Å²) >= 11 is 0. The number of amides is 1. The highest BCUT2D eigenvalue weighted by atomic mass is 16.1. The van der Waals surface area contributed by atoms with Gasteiger partial charge in [-0.25, -0.2) is 0 Å². The lowest BCUT2D eigenvalue weighted by molar-refractivity contribution is 0.0995. The second-order valence-corrected chi connectivity index (χ2v) is 6.99.